The number of alkyl halides is 1. The van der Waals surface area contributed by atoms with Gasteiger partial charge in [-0.05, 0) is 43.2 Å². The highest BCUT2D eigenvalue weighted by atomic mass is 35.5. The molecule has 0 saturated carbocycles. The van der Waals surface area contributed by atoms with Crippen LogP contribution in [0.5, 0.6) is 0 Å². The molecule has 2 unspecified atom stereocenters. The van der Waals surface area contributed by atoms with Crippen molar-refractivity contribution in [2.24, 2.45) is 0 Å². The number of pyridine rings is 1. The SMILES string of the molecule is CNc1nc(CNCC2CC(F)CCN2C(=O)c2ccc(F)c(Cl)c2)ccc1C. The Hall–Kier alpha value is -2.25. The van der Waals surface area contributed by atoms with Crippen molar-refractivity contribution in [3.63, 3.8) is 0 Å². The van der Waals surface area contributed by atoms with Gasteiger partial charge >= 0.3 is 0 Å². The molecule has 1 aromatic carbocycles. The summed E-state index contributed by atoms with van der Waals surface area (Å²) < 4.78 is 27.4. The van der Waals surface area contributed by atoms with Gasteiger partial charge in [0.2, 0.25) is 0 Å². The lowest BCUT2D eigenvalue weighted by atomic mass is 9.99. The van der Waals surface area contributed by atoms with Crippen LogP contribution >= 0.6 is 11.6 Å². The minimum atomic E-state index is -0.948. The fourth-order valence-corrected chi connectivity index (χ4v) is 3.73. The molecular formula is C21H25ClF2N4O. The Bertz CT molecular complexity index is 880. The Kier molecular flexibility index (Phi) is 7.03. The van der Waals surface area contributed by atoms with Gasteiger partial charge < -0.3 is 15.5 Å². The van der Waals surface area contributed by atoms with Gasteiger partial charge in [-0.15, -0.1) is 0 Å². The lowest BCUT2D eigenvalue weighted by molar-refractivity contribution is 0.0505. The van der Waals surface area contributed by atoms with Gasteiger partial charge in [-0.3, -0.25) is 4.79 Å². The van der Waals surface area contributed by atoms with Crippen LogP contribution in [0.25, 0.3) is 0 Å². The molecular weight excluding hydrogens is 398 g/mol. The Morgan fingerprint density at radius 3 is 2.86 bits per heavy atom. The van der Waals surface area contributed by atoms with E-state index in [0.717, 1.165) is 17.1 Å². The van der Waals surface area contributed by atoms with E-state index in [9.17, 15) is 13.6 Å². The Morgan fingerprint density at radius 1 is 1.34 bits per heavy atom. The quantitative estimate of drug-likeness (QED) is 0.740. The van der Waals surface area contributed by atoms with Crippen molar-refractivity contribution in [3.05, 3.63) is 58.0 Å². The summed E-state index contributed by atoms with van der Waals surface area (Å²) >= 11 is 5.81. The third kappa shape index (κ3) is 5.22. The third-order valence-electron chi connectivity index (χ3n) is 5.16. The zero-order chi connectivity index (χ0) is 21.0. The summed E-state index contributed by atoms with van der Waals surface area (Å²) in [5.74, 6) is -0.0252. The monoisotopic (exact) mass is 422 g/mol. The van der Waals surface area contributed by atoms with E-state index < -0.39 is 12.0 Å². The average molecular weight is 423 g/mol. The number of halogens is 3. The molecule has 5 nitrogen and oxygen atoms in total. The number of aryl methyl sites for hydroxylation is 1. The van der Waals surface area contributed by atoms with E-state index in [4.69, 9.17) is 11.6 Å². The second-order valence-electron chi connectivity index (χ2n) is 7.25. The Labute approximate surface area is 174 Å². The van der Waals surface area contributed by atoms with Crippen molar-refractivity contribution in [3.8, 4) is 0 Å². The molecule has 1 aromatic heterocycles. The standard InChI is InChI=1S/C21H25ClF2N4O/c1-13-3-5-16(27-20(13)25-2)11-26-12-17-10-15(23)7-8-28(17)21(29)14-4-6-19(24)18(22)9-14/h3-6,9,15,17,26H,7-8,10-12H2,1-2H3,(H,25,27). The summed E-state index contributed by atoms with van der Waals surface area (Å²) in [5.41, 5.74) is 2.21. The molecule has 1 fully saturated rings. The second kappa shape index (κ2) is 9.50. The van der Waals surface area contributed by atoms with Crippen LogP contribution in [0.3, 0.4) is 0 Å². The molecule has 1 amide bonds. The van der Waals surface area contributed by atoms with Gasteiger partial charge in [0.25, 0.3) is 5.91 Å². The van der Waals surface area contributed by atoms with Gasteiger partial charge in [-0.2, -0.15) is 0 Å². The van der Waals surface area contributed by atoms with Crippen LogP contribution in [0.15, 0.2) is 30.3 Å². The van der Waals surface area contributed by atoms with E-state index >= 15 is 0 Å². The molecule has 2 N–H and O–H groups in total. The number of carbonyl (C=O) groups excluding carboxylic acids is 1. The third-order valence-corrected chi connectivity index (χ3v) is 5.45. The highest BCUT2D eigenvalue weighted by Crippen LogP contribution is 2.24. The number of likely N-dealkylation sites (tertiary alicyclic amines) is 1. The summed E-state index contributed by atoms with van der Waals surface area (Å²) in [5, 5.41) is 6.23. The number of nitrogens with one attached hydrogen (secondary N) is 2. The van der Waals surface area contributed by atoms with E-state index in [1.54, 1.807) is 4.90 Å². The second-order valence-corrected chi connectivity index (χ2v) is 7.66. The summed E-state index contributed by atoms with van der Waals surface area (Å²) in [4.78, 5) is 19.1. The maximum absolute atomic E-state index is 14.0. The van der Waals surface area contributed by atoms with Gasteiger partial charge in [-0.25, -0.2) is 13.8 Å². The molecule has 2 atom stereocenters. The van der Waals surface area contributed by atoms with Crippen LogP contribution in [0.2, 0.25) is 5.02 Å². The van der Waals surface area contributed by atoms with Crippen LogP contribution in [0.1, 0.15) is 34.5 Å². The largest absolute Gasteiger partial charge is 0.373 e. The maximum atomic E-state index is 14.0. The number of piperidine rings is 1. The molecule has 0 bridgehead atoms. The van der Waals surface area contributed by atoms with E-state index in [2.05, 4.69) is 15.6 Å². The fourth-order valence-electron chi connectivity index (χ4n) is 3.55. The van der Waals surface area contributed by atoms with Crippen molar-refractivity contribution < 1.29 is 13.6 Å². The number of anilines is 1. The van der Waals surface area contributed by atoms with E-state index in [-0.39, 0.29) is 23.4 Å². The van der Waals surface area contributed by atoms with E-state index in [1.807, 2.05) is 26.1 Å². The van der Waals surface area contributed by atoms with Crippen molar-refractivity contribution >= 4 is 23.3 Å². The smallest absolute Gasteiger partial charge is 0.254 e. The molecule has 8 heteroatoms. The molecule has 3 rings (SSSR count). The molecule has 2 heterocycles. The summed E-state index contributed by atoms with van der Waals surface area (Å²) in [6.07, 6.45) is -0.394. The predicted octanol–water partition coefficient (Wildman–Crippen LogP) is 3.96. The molecule has 156 valence electrons. The molecule has 2 aromatic rings. The van der Waals surface area contributed by atoms with Gasteiger partial charge in [0.05, 0.1) is 10.7 Å². The summed E-state index contributed by atoms with van der Waals surface area (Å²) in [6, 6.07) is 7.52. The van der Waals surface area contributed by atoms with E-state index in [0.29, 0.717) is 31.6 Å². The highest BCUT2D eigenvalue weighted by molar-refractivity contribution is 6.31. The molecule has 1 aliphatic heterocycles. The van der Waals surface area contributed by atoms with Crippen molar-refractivity contribution in [2.45, 2.75) is 38.5 Å². The van der Waals surface area contributed by atoms with Crippen LogP contribution in [-0.2, 0) is 6.54 Å². The first-order valence-corrected chi connectivity index (χ1v) is 10.0. The Balaban J connectivity index is 1.66. The number of hydrogen-bond acceptors (Lipinski definition) is 4. The fraction of sp³-hybridized carbons (Fsp3) is 0.429. The molecule has 1 aliphatic rings. The average Bonchev–Trinajstić information content (AvgIpc) is 2.71. The molecule has 0 aliphatic carbocycles. The summed E-state index contributed by atoms with van der Waals surface area (Å²) in [6.45, 7) is 3.23. The minimum Gasteiger partial charge on any atom is -0.373 e. The number of aromatic nitrogens is 1. The van der Waals surface area contributed by atoms with Crippen molar-refractivity contribution in [1.29, 1.82) is 0 Å². The summed E-state index contributed by atoms with van der Waals surface area (Å²) in [7, 11) is 1.82. The number of benzene rings is 1. The molecule has 0 spiro atoms. The first kappa shape index (κ1) is 21.5. The van der Waals surface area contributed by atoms with Gasteiger partial charge in [-0.1, -0.05) is 17.7 Å². The van der Waals surface area contributed by atoms with Gasteiger partial charge in [0.1, 0.15) is 17.8 Å². The molecule has 29 heavy (non-hydrogen) atoms. The van der Waals surface area contributed by atoms with Gasteiger partial charge in [0.15, 0.2) is 0 Å². The zero-order valence-corrected chi connectivity index (χ0v) is 17.3. The zero-order valence-electron chi connectivity index (χ0n) is 16.5. The first-order valence-electron chi connectivity index (χ1n) is 9.64. The molecule has 0 radical (unpaired) electrons. The van der Waals surface area contributed by atoms with E-state index in [1.165, 1.54) is 18.2 Å². The van der Waals surface area contributed by atoms with Crippen molar-refractivity contribution in [2.75, 3.05) is 25.5 Å². The highest BCUT2D eigenvalue weighted by Gasteiger charge is 2.32. The van der Waals surface area contributed by atoms with Crippen LogP contribution in [0, 0.1) is 12.7 Å². The van der Waals surface area contributed by atoms with Crippen LogP contribution in [0.4, 0.5) is 14.6 Å². The van der Waals surface area contributed by atoms with Crippen LogP contribution in [-0.4, -0.2) is 48.1 Å². The number of rotatable bonds is 6. The maximum Gasteiger partial charge on any atom is 0.254 e. The number of hydrogen-bond donors (Lipinski definition) is 2. The first-order chi connectivity index (χ1) is 13.9. The number of carbonyl (C=O) groups is 1. The predicted molar refractivity (Wildman–Crippen MR) is 111 cm³/mol. The normalized spacial score (nSPS) is 19.3. The van der Waals surface area contributed by atoms with Gasteiger partial charge in [0, 0.05) is 44.7 Å². The Morgan fingerprint density at radius 2 is 2.14 bits per heavy atom. The lowest BCUT2D eigenvalue weighted by Crippen LogP contribution is -2.51. The minimum absolute atomic E-state index is 0.100. The lowest BCUT2D eigenvalue weighted by Gasteiger charge is -2.37. The number of amides is 1. The molecule has 1 saturated heterocycles. The van der Waals surface area contributed by atoms with Crippen LogP contribution < -0.4 is 10.6 Å². The number of nitrogens with zero attached hydrogens (tertiary/aromatic N) is 2. The van der Waals surface area contributed by atoms with Crippen molar-refractivity contribution in [1.82, 2.24) is 15.2 Å². The topological polar surface area (TPSA) is 57.3 Å².